The van der Waals surface area contributed by atoms with E-state index in [-0.39, 0.29) is 0 Å². The zero-order valence-electron chi connectivity index (χ0n) is 8.27. The second-order valence-corrected chi connectivity index (χ2v) is 3.07. The number of hydrogen-bond acceptors (Lipinski definition) is 4. The smallest absolute Gasteiger partial charge is 0.232 e. The summed E-state index contributed by atoms with van der Waals surface area (Å²) in [5.41, 5.74) is 2.50. The zero-order valence-corrected chi connectivity index (χ0v) is 8.27. The molecular formula is C11H9N3O. The highest BCUT2D eigenvalue weighted by atomic mass is 16.5. The average Bonchev–Trinajstić information content (AvgIpc) is 2.29. The molecule has 2 rings (SSSR count). The van der Waals surface area contributed by atoms with Crippen LogP contribution < -0.4 is 4.74 Å². The summed E-state index contributed by atoms with van der Waals surface area (Å²) in [6.45, 7) is 0. The van der Waals surface area contributed by atoms with Crippen molar-refractivity contribution in [2.24, 2.45) is 0 Å². The summed E-state index contributed by atoms with van der Waals surface area (Å²) >= 11 is 0. The van der Waals surface area contributed by atoms with Gasteiger partial charge in [0.1, 0.15) is 0 Å². The number of aromatic nitrogens is 2. The first-order chi connectivity index (χ1) is 7.33. The molecule has 0 unspecified atom stereocenters. The Morgan fingerprint density at radius 2 is 2.27 bits per heavy atom. The third-order valence-electron chi connectivity index (χ3n) is 2.08. The van der Waals surface area contributed by atoms with Crippen molar-refractivity contribution in [3.63, 3.8) is 0 Å². The molecule has 0 fully saturated rings. The van der Waals surface area contributed by atoms with Gasteiger partial charge in [0.05, 0.1) is 36.8 Å². The van der Waals surface area contributed by atoms with Crippen molar-refractivity contribution in [2.45, 2.75) is 6.42 Å². The van der Waals surface area contributed by atoms with Crippen LogP contribution in [0.25, 0.3) is 11.0 Å². The van der Waals surface area contributed by atoms with E-state index in [0.29, 0.717) is 12.3 Å². The van der Waals surface area contributed by atoms with E-state index in [1.165, 1.54) is 0 Å². The Morgan fingerprint density at radius 3 is 3.00 bits per heavy atom. The fourth-order valence-corrected chi connectivity index (χ4v) is 1.34. The Hall–Kier alpha value is -2.15. The monoisotopic (exact) mass is 199 g/mol. The molecule has 0 amide bonds. The highest BCUT2D eigenvalue weighted by molar-refractivity contribution is 5.75. The van der Waals surface area contributed by atoms with Crippen molar-refractivity contribution in [2.75, 3.05) is 7.11 Å². The quantitative estimate of drug-likeness (QED) is 0.738. The minimum absolute atomic E-state index is 0.393. The van der Waals surface area contributed by atoms with Crippen molar-refractivity contribution in [3.05, 3.63) is 30.0 Å². The van der Waals surface area contributed by atoms with E-state index in [9.17, 15) is 0 Å². The molecule has 15 heavy (non-hydrogen) atoms. The van der Waals surface area contributed by atoms with Gasteiger partial charge in [0, 0.05) is 0 Å². The van der Waals surface area contributed by atoms with Crippen molar-refractivity contribution in [3.8, 4) is 11.9 Å². The van der Waals surface area contributed by atoms with Crippen LogP contribution in [0.3, 0.4) is 0 Å². The lowest BCUT2D eigenvalue weighted by Crippen LogP contribution is -1.91. The van der Waals surface area contributed by atoms with Crippen molar-refractivity contribution in [1.29, 1.82) is 5.26 Å². The Labute approximate surface area is 87.2 Å². The number of nitriles is 1. The maximum Gasteiger partial charge on any atom is 0.232 e. The minimum Gasteiger partial charge on any atom is -0.480 e. The molecule has 1 aromatic heterocycles. The Bertz CT molecular complexity index is 531. The molecule has 4 nitrogen and oxygen atoms in total. The number of methoxy groups -OCH3 is 1. The lowest BCUT2D eigenvalue weighted by molar-refractivity contribution is 0.397. The number of hydrogen-bond donors (Lipinski definition) is 0. The van der Waals surface area contributed by atoms with E-state index < -0.39 is 0 Å². The molecule has 74 valence electrons. The molecule has 0 saturated carbocycles. The molecule has 0 aliphatic carbocycles. The van der Waals surface area contributed by atoms with Gasteiger partial charge >= 0.3 is 0 Å². The van der Waals surface area contributed by atoms with Crippen molar-refractivity contribution in [1.82, 2.24) is 9.97 Å². The lowest BCUT2D eigenvalue weighted by atomic mass is 10.1. The predicted molar refractivity (Wildman–Crippen MR) is 55.4 cm³/mol. The van der Waals surface area contributed by atoms with Crippen molar-refractivity contribution >= 4 is 11.0 Å². The molecule has 4 heteroatoms. The largest absolute Gasteiger partial charge is 0.480 e. The number of rotatable bonds is 2. The van der Waals surface area contributed by atoms with E-state index in [2.05, 4.69) is 16.0 Å². The summed E-state index contributed by atoms with van der Waals surface area (Å²) in [6, 6.07) is 7.68. The van der Waals surface area contributed by atoms with Gasteiger partial charge in [0.2, 0.25) is 5.88 Å². The van der Waals surface area contributed by atoms with Crippen LogP contribution in [0.15, 0.2) is 24.4 Å². The van der Waals surface area contributed by atoms with Crippen LogP contribution in [-0.4, -0.2) is 17.1 Å². The molecule has 0 aliphatic heterocycles. The number of fused-ring (bicyclic) bond motifs is 1. The van der Waals surface area contributed by atoms with Crippen LogP contribution in [0.5, 0.6) is 5.88 Å². The highest BCUT2D eigenvalue weighted by Gasteiger charge is 2.00. The van der Waals surface area contributed by atoms with Crippen LogP contribution in [0.4, 0.5) is 0 Å². The first-order valence-electron chi connectivity index (χ1n) is 4.50. The van der Waals surface area contributed by atoms with Gasteiger partial charge in [-0.25, -0.2) is 9.97 Å². The predicted octanol–water partition coefficient (Wildman–Crippen LogP) is 1.70. The SMILES string of the molecule is COc1cnc2cc(CC#N)ccc2n1. The fourth-order valence-electron chi connectivity index (χ4n) is 1.34. The second-order valence-electron chi connectivity index (χ2n) is 3.07. The summed E-state index contributed by atoms with van der Waals surface area (Å²) in [5, 5.41) is 8.57. The molecule has 1 heterocycles. The molecule has 0 radical (unpaired) electrons. The van der Waals surface area contributed by atoms with E-state index in [4.69, 9.17) is 10.00 Å². The van der Waals surface area contributed by atoms with E-state index in [0.717, 1.165) is 16.6 Å². The first-order valence-corrected chi connectivity index (χ1v) is 4.50. The topological polar surface area (TPSA) is 58.8 Å². The van der Waals surface area contributed by atoms with Gasteiger partial charge < -0.3 is 4.74 Å². The second kappa shape index (κ2) is 3.93. The molecule has 0 atom stereocenters. The van der Waals surface area contributed by atoms with E-state index in [1.54, 1.807) is 13.3 Å². The molecule has 0 spiro atoms. The lowest BCUT2D eigenvalue weighted by Gasteiger charge is -2.01. The number of ether oxygens (including phenoxy) is 1. The Kier molecular flexibility index (Phi) is 2.46. The summed E-state index contributed by atoms with van der Waals surface area (Å²) < 4.78 is 4.97. The molecule has 1 aromatic carbocycles. The summed E-state index contributed by atoms with van der Waals surface area (Å²) in [5.74, 6) is 0.496. The third kappa shape index (κ3) is 1.86. The highest BCUT2D eigenvalue weighted by Crippen LogP contribution is 2.15. The van der Waals surface area contributed by atoms with Crippen molar-refractivity contribution < 1.29 is 4.74 Å². The maximum absolute atomic E-state index is 8.57. The van der Waals surface area contributed by atoms with Crippen LogP contribution in [0.2, 0.25) is 0 Å². The van der Waals surface area contributed by atoms with Gasteiger partial charge in [0.15, 0.2) is 0 Å². The molecule has 0 N–H and O–H groups in total. The molecule has 0 saturated heterocycles. The van der Waals surface area contributed by atoms with Crippen LogP contribution in [-0.2, 0) is 6.42 Å². The van der Waals surface area contributed by atoms with Crippen LogP contribution in [0, 0.1) is 11.3 Å². The maximum atomic E-state index is 8.57. The van der Waals surface area contributed by atoms with Gasteiger partial charge in [-0.15, -0.1) is 0 Å². The van der Waals surface area contributed by atoms with Gasteiger partial charge in [-0.1, -0.05) is 6.07 Å². The average molecular weight is 199 g/mol. The minimum atomic E-state index is 0.393. The van der Waals surface area contributed by atoms with Crippen LogP contribution >= 0.6 is 0 Å². The summed E-state index contributed by atoms with van der Waals surface area (Å²) in [7, 11) is 1.56. The normalized spacial score (nSPS) is 9.87. The summed E-state index contributed by atoms with van der Waals surface area (Å²) in [6.07, 6.45) is 1.96. The zero-order chi connectivity index (χ0) is 10.7. The Morgan fingerprint density at radius 1 is 1.40 bits per heavy atom. The molecule has 0 bridgehead atoms. The first kappa shape index (κ1) is 9.41. The van der Waals surface area contributed by atoms with Gasteiger partial charge in [0.25, 0.3) is 0 Å². The Balaban J connectivity index is 2.51. The number of nitrogens with zero attached hydrogens (tertiary/aromatic N) is 3. The molecule has 0 aliphatic rings. The van der Waals surface area contributed by atoms with Gasteiger partial charge in [-0.2, -0.15) is 5.26 Å². The molecule has 2 aromatic rings. The molecular weight excluding hydrogens is 190 g/mol. The standard InChI is InChI=1S/C11H9N3O/c1-15-11-7-13-10-6-8(4-5-12)2-3-9(10)14-11/h2-3,6-7H,4H2,1H3. The van der Waals surface area contributed by atoms with E-state index >= 15 is 0 Å². The van der Waals surface area contributed by atoms with E-state index in [1.807, 2.05) is 18.2 Å². The van der Waals surface area contributed by atoms with Gasteiger partial charge in [-0.05, 0) is 17.7 Å². The number of benzene rings is 1. The fraction of sp³-hybridized carbons (Fsp3) is 0.182. The van der Waals surface area contributed by atoms with Crippen LogP contribution in [0.1, 0.15) is 5.56 Å². The third-order valence-corrected chi connectivity index (χ3v) is 2.08. The summed E-state index contributed by atoms with van der Waals surface area (Å²) in [4.78, 5) is 8.43. The van der Waals surface area contributed by atoms with Gasteiger partial charge in [-0.3, -0.25) is 0 Å².